The standard InChI is InChI=1S/C80H115N11O24/c1-2-3-4-5-6-7-8-9-10-11-12-13-15-24-66(94)84-61(23-18-21-36-82-75(107)53-26-29-56(59(45-53)79(111)112)74-57-30-27-54(92)46-64(57)115-65-47-55(93)28-31-58(65)74)77(109)86-60(76(108)83-35-19-14-16-25-67(95)85-63(48-70(99)100)78(110)87-62(80(113)114)32-33-69(97)98)22-17-20-34-81-68(96)49-88-37-39-89(50-71(101)102)41-43-91(52-73(105)106)44-42-90(40-38-88)51-72(103)104/h26-31,45-47,60-63,92H,2-25,32-44,48-52H2,1H3,(H,81,96)(H,82,107)(H,83,108)(H,84,94)(H,85,95)(H,86,109)(H,87,110)(H,97,98)(H,99,100)(H,101,102)(H,103,104)(H,105,106)(H,111,112)(H,113,114)/t60-,61-,62-,63-/m0/s1. The molecule has 0 radical (unpaired) electrons. The number of nitrogens with zero attached hydrogens (tertiary/aromatic N) is 4. The number of phenolic OH excluding ortho intramolecular Hbond substituents is 1. The highest BCUT2D eigenvalue weighted by molar-refractivity contribution is 6.09. The number of benzene rings is 3. The van der Waals surface area contributed by atoms with E-state index in [9.17, 15) is 108 Å². The normalized spacial score (nSPS) is 14.3. The second kappa shape index (κ2) is 52.0. The number of aromatic carboxylic acids is 1. The summed E-state index contributed by atoms with van der Waals surface area (Å²) in [5.74, 6) is -13.8. The number of aromatic hydroxyl groups is 1. The van der Waals surface area contributed by atoms with Crippen LogP contribution in [0.3, 0.4) is 0 Å². The minimum atomic E-state index is -1.71. The largest absolute Gasteiger partial charge is 0.508 e. The molecule has 1 saturated heterocycles. The van der Waals surface area contributed by atoms with E-state index in [0.29, 0.717) is 29.4 Å². The molecule has 2 heterocycles. The lowest BCUT2D eigenvalue weighted by atomic mass is 9.90. The Balaban J connectivity index is 1.30. The van der Waals surface area contributed by atoms with Gasteiger partial charge in [-0.3, -0.25) is 81.9 Å². The van der Waals surface area contributed by atoms with E-state index < -0.39 is 127 Å². The van der Waals surface area contributed by atoms with Crippen molar-refractivity contribution in [3.05, 3.63) is 75.9 Å². The van der Waals surface area contributed by atoms with Gasteiger partial charge in [-0.1, -0.05) is 96.5 Å². The van der Waals surface area contributed by atoms with Crippen LogP contribution in [0.25, 0.3) is 33.4 Å². The summed E-state index contributed by atoms with van der Waals surface area (Å²) >= 11 is 0. The molecule has 0 bridgehead atoms. The Bertz CT molecular complexity index is 3900. The van der Waals surface area contributed by atoms with Gasteiger partial charge in [0.1, 0.15) is 41.3 Å². The molecule has 0 saturated carbocycles. The van der Waals surface area contributed by atoms with Gasteiger partial charge in [-0.2, -0.15) is 0 Å². The highest BCUT2D eigenvalue weighted by Crippen LogP contribution is 2.42. The third-order valence-electron chi connectivity index (χ3n) is 19.7. The highest BCUT2D eigenvalue weighted by Gasteiger charge is 2.32. The van der Waals surface area contributed by atoms with Crippen molar-refractivity contribution < 1.29 is 112 Å². The predicted octanol–water partition coefficient (Wildman–Crippen LogP) is 5.15. The van der Waals surface area contributed by atoms with Gasteiger partial charge in [0, 0.05) is 125 Å². The summed E-state index contributed by atoms with van der Waals surface area (Å²) in [5.41, 5.74) is 0.526. The van der Waals surface area contributed by atoms with Crippen LogP contribution < -0.4 is 42.6 Å². The molecule has 0 aromatic heterocycles. The van der Waals surface area contributed by atoms with Crippen LogP contribution in [0.1, 0.15) is 201 Å². The van der Waals surface area contributed by atoms with Gasteiger partial charge in [-0.15, -0.1) is 0 Å². The van der Waals surface area contributed by atoms with Crippen LogP contribution in [0.5, 0.6) is 5.75 Å². The van der Waals surface area contributed by atoms with Crippen molar-refractivity contribution in [2.24, 2.45) is 0 Å². The molecule has 7 amide bonds. The van der Waals surface area contributed by atoms with E-state index in [0.717, 1.165) is 32.1 Å². The Morgan fingerprint density at radius 1 is 0.409 bits per heavy atom. The molecule has 35 heteroatoms. The van der Waals surface area contributed by atoms with Crippen molar-refractivity contribution >= 4 is 94.1 Å². The fraction of sp³-hybridized carbons (Fsp3) is 0.588. The maximum Gasteiger partial charge on any atom is 0.336 e. The topological polar surface area (TPSA) is 528 Å². The molecule has 634 valence electrons. The van der Waals surface area contributed by atoms with Crippen LogP contribution >= 0.6 is 0 Å². The summed E-state index contributed by atoms with van der Waals surface area (Å²) in [5, 5.41) is 96.8. The average molecular weight is 1610 g/mol. The van der Waals surface area contributed by atoms with Crippen molar-refractivity contribution in [3.63, 3.8) is 0 Å². The summed E-state index contributed by atoms with van der Waals surface area (Å²) in [4.78, 5) is 198. The first-order valence-electron chi connectivity index (χ1n) is 39.8. The minimum Gasteiger partial charge on any atom is -0.508 e. The van der Waals surface area contributed by atoms with Gasteiger partial charge in [0.15, 0.2) is 5.43 Å². The first kappa shape index (κ1) is 94.9. The molecule has 4 atom stereocenters. The van der Waals surface area contributed by atoms with Crippen molar-refractivity contribution in [3.8, 4) is 28.2 Å². The molecule has 2 aromatic carbocycles. The molecule has 1 fully saturated rings. The highest BCUT2D eigenvalue weighted by atomic mass is 16.4. The molecule has 2 aromatic rings. The first-order chi connectivity index (χ1) is 55.0. The lowest BCUT2D eigenvalue weighted by Gasteiger charge is -2.32. The van der Waals surface area contributed by atoms with E-state index >= 15 is 0 Å². The van der Waals surface area contributed by atoms with Crippen LogP contribution in [0.15, 0.2) is 63.8 Å². The number of carboxylic acid groups (broad SMARTS) is 7. The number of fused-ring (bicyclic) bond motifs is 2. The van der Waals surface area contributed by atoms with Crippen molar-refractivity contribution in [2.45, 2.75) is 204 Å². The molecule has 35 nitrogen and oxygen atoms in total. The lowest BCUT2D eigenvalue weighted by molar-refractivity contribution is -0.144. The Hall–Kier alpha value is -10.6. The molecule has 1 aliphatic carbocycles. The number of unbranched alkanes of at least 4 members (excludes halogenated alkanes) is 16. The Morgan fingerprint density at radius 3 is 1.38 bits per heavy atom. The number of carbonyl (C=O) groups is 14. The van der Waals surface area contributed by atoms with E-state index in [-0.39, 0.29) is 202 Å². The smallest absolute Gasteiger partial charge is 0.336 e. The Kier molecular flexibility index (Phi) is 42.9. The van der Waals surface area contributed by atoms with E-state index in [1.54, 1.807) is 25.7 Å². The van der Waals surface area contributed by atoms with E-state index in [1.807, 2.05) is 0 Å². The molecule has 15 N–H and O–H groups in total. The fourth-order valence-corrected chi connectivity index (χ4v) is 13.5. The zero-order valence-corrected chi connectivity index (χ0v) is 65.6. The maximum atomic E-state index is 14.7. The van der Waals surface area contributed by atoms with Gasteiger partial charge in [0.25, 0.3) is 5.91 Å². The molecule has 3 aliphatic rings. The minimum absolute atomic E-state index is 0.00241. The summed E-state index contributed by atoms with van der Waals surface area (Å²) in [6.45, 7) is 2.54. The second-order valence-corrected chi connectivity index (χ2v) is 29.1. The average Bonchev–Trinajstić information content (AvgIpc) is 0.747. The first-order valence-corrected chi connectivity index (χ1v) is 39.8. The van der Waals surface area contributed by atoms with Gasteiger partial charge in [-0.25, -0.2) is 9.59 Å². The number of rotatable bonds is 54. The number of aliphatic carboxylic acids is 6. The fourth-order valence-electron chi connectivity index (χ4n) is 13.5. The molecule has 0 spiro atoms. The second-order valence-electron chi connectivity index (χ2n) is 29.1. The van der Waals surface area contributed by atoms with Gasteiger partial charge >= 0.3 is 41.8 Å². The molecule has 2 aliphatic heterocycles. The number of phenols is 1. The number of hydrogen-bond acceptors (Lipinski definition) is 21. The number of nitrogens with one attached hydrogen (secondary N) is 7. The van der Waals surface area contributed by atoms with Crippen molar-refractivity contribution in [2.75, 3.05) is 98.2 Å². The quantitative estimate of drug-likeness (QED) is 0.0201. The van der Waals surface area contributed by atoms with E-state index in [2.05, 4.69) is 44.1 Å². The monoisotopic (exact) mass is 1610 g/mol. The SMILES string of the molecule is CCCCCCCCCCCCCCCC(=O)N[C@@H](CCCCNC(=O)c1ccc(-c2c3ccc(=O)cc-3oc3cc(O)ccc23)c(C(=O)O)c1)C(=O)N[C@@H](CCCCNC(=O)CN1CCN(CC(=O)O)CCN(CC(=O)O)CCN(CC(=O)O)CC1)C(=O)NCCCCCC(=O)N[C@@H](CC(=O)O)C(=O)N[C@@H](CCC(=O)O)C(=O)O. The third kappa shape index (κ3) is 37.0. The molecular weight excluding hydrogens is 1500 g/mol. The van der Waals surface area contributed by atoms with E-state index in [1.165, 1.54) is 93.5 Å². The van der Waals surface area contributed by atoms with E-state index in [4.69, 9.17) is 9.52 Å². The van der Waals surface area contributed by atoms with Crippen LogP contribution in [-0.2, 0) is 57.5 Å². The third-order valence-corrected chi connectivity index (χ3v) is 19.7. The zero-order chi connectivity index (χ0) is 84.2. The summed E-state index contributed by atoms with van der Waals surface area (Å²) in [6.07, 6.45) is 13.6. The summed E-state index contributed by atoms with van der Waals surface area (Å²) < 4.78 is 5.94. The molecule has 0 unspecified atom stereocenters. The lowest BCUT2D eigenvalue weighted by Crippen LogP contribution is -2.53. The zero-order valence-electron chi connectivity index (χ0n) is 65.6. The van der Waals surface area contributed by atoms with Crippen LogP contribution in [0.4, 0.5) is 0 Å². The summed E-state index contributed by atoms with van der Waals surface area (Å²) in [7, 11) is 0. The van der Waals surface area contributed by atoms with Crippen molar-refractivity contribution in [1.82, 2.24) is 56.8 Å². The summed E-state index contributed by atoms with van der Waals surface area (Å²) in [6, 6.07) is 6.64. The molecule has 5 rings (SSSR count). The maximum absolute atomic E-state index is 14.7. The van der Waals surface area contributed by atoms with Crippen LogP contribution in [0, 0.1) is 0 Å². The number of carbonyl (C=O) groups excluding carboxylic acids is 7. The Morgan fingerprint density at radius 2 is 0.870 bits per heavy atom. The van der Waals surface area contributed by atoms with Crippen LogP contribution in [0.2, 0.25) is 0 Å². The number of carboxylic acids is 7. The number of hydrogen-bond donors (Lipinski definition) is 15. The van der Waals surface area contributed by atoms with Gasteiger partial charge in [0.2, 0.25) is 35.4 Å². The van der Waals surface area contributed by atoms with Gasteiger partial charge < -0.3 is 82.5 Å². The van der Waals surface area contributed by atoms with Gasteiger partial charge in [0.05, 0.1) is 38.2 Å². The number of amides is 7. The van der Waals surface area contributed by atoms with Crippen molar-refractivity contribution in [1.29, 1.82) is 0 Å². The van der Waals surface area contributed by atoms with Gasteiger partial charge in [-0.05, 0) is 106 Å². The molecular formula is C80H115N11O24. The molecule has 115 heavy (non-hydrogen) atoms. The predicted molar refractivity (Wildman–Crippen MR) is 421 cm³/mol. The van der Waals surface area contributed by atoms with Crippen LogP contribution in [-0.4, -0.2) is 266 Å². The Labute approximate surface area is 667 Å².